The molecule has 0 unspecified atom stereocenters. The van der Waals surface area contributed by atoms with Gasteiger partial charge in [-0.05, 0) is 68.9 Å². The molecule has 3 aliphatic rings. The second-order valence-corrected chi connectivity index (χ2v) is 6.49. The zero-order chi connectivity index (χ0) is 12.8. The Hall–Kier alpha value is -1.29. The van der Waals surface area contributed by atoms with E-state index in [1.54, 1.807) is 5.56 Å². The van der Waals surface area contributed by atoms with E-state index in [4.69, 9.17) is 0 Å². The average molecular weight is 239 g/mol. The van der Waals surface area contributed by atoms with Gasteiger partial charge in [-0.2, -0.15) is 5.26 Å². The Morgan fingerprint density at radius 3 is 2.11 bits per heavy atom. The minimum atomic E-state index is 0.0281. The van der Waals surface area contributed by atoms with E-state index >= 15 is 0 Å². The molecule has 4 rings (SSSR count). The van der Waals surface area contributed by atoms with Crippen LogP contribution in [0.5, 0.6) is 0 Å². The molecule has 0 heterocycles. The standard InChI is InChI=1S/C17H21N/c1-13-3-4-15(14(2)11-13)17-8-5-16(12-18,6-9-17)7-10-17/h3-4,11H,5-10H2,1-2H3. The molecule has 0 N–H and O–H groups in total. The lowest BCUT2D eigenvalue weighted by Gasteiger charge is -2.51. The number of rotatable bonds is 1. The van der Waals surface area contributed by atoms with Crippen molar-refractivity contribution >= 4 is 0 Å². The van der Waals surface area contributed by atoms with Crippen LogP contribution in [0.3, 0.4) is 0 Å². The summed E-state index contributed by atoms with van der Waals surface area (Å²) in [6.45, 7) is 4.41. The van der Waals surface area contributed by atoms with Crippen LogP contribution in [-0.4, -0.2) is 0 Å². The predicted octanol–water partition coefficient (Wildman–Crippen LogP) is 4.42. The van der Waals surface area contributed by atoms with Gasteiger partial charge < -0.3 is 0 Å². The lowest BCUT2D eigenvalue weighted by Crippen LogP contribution is -2.43. The Morgan fingerprint density at radius 2 is 1.61 bits per heavy atom. The van der Waals surface area contributed by atoms with Crippen LogP contribution in [0.1, 0.15) is 55.2 Å². The van der Waals surface area contributed by atoms with E-state index in [1.807, 2.05) is 0 Å². The maximum atomic E-state index is 9.36. The fourth-order valence-electron chi connectivity index (χ4n) is 4.17. The van der Waals surface area contributed by atoms with Gasteiger partial charge in [-0.1, -0.05) is 23.8 Å². The lowest BCUT2D eigenvalue weighted by atomic mass is 9.52. The molecule has 2 bridgehead atoms. The quantitative estimate of drug-likeness (QED) is 0.711. The molecule has 3 fully saturated rings. The van der Waals surface area contributed by atoms with Crippen LogP contribution in [0.2, 0.25) is 0 Å². The second kappa shape index (κ2) is 3.85. The topological polar surface area (TPSA) is 23.8 Å². The van der Waals surface area contributed by atoms with E-state index < -0.39 is 0 Å². The van der Waals surface area contributed by atoms with Crippen molar-refractivity contribution in [1.82, 2.24) is 0 Å². The van der Waals surface area contributed by atoms with Crippen molar-refractivity contribution in [3.8, 4) is 6.07 Å². The third kappa shape index (κ3) is 1.59. The molecule has 0 saturated heterocycles. The number of fused-ring (bicyclic) bond motifs is 3. The number of aryl methyl sites for hydroxylation is 2. The second-order valence-electron chi connectivity index (χ2n) is 6.49. The summed E-state index contributed by atoms with van der Waals surface area (Å²) in [7, 11) is 0. The molecule has 0 radical (unpaired) electrons. The Kier molecular flexibility index (Phi) is 2.52. The van der Waals surface area contributed by atoms with Crippen molar-refractivity contribution in [3.63, 3.8) is 0 Å². The molecule has 1 aromatic rings. The molecule has 0 atom stereocenters. The fraction of sp³-hybridized carbons (Fsp3) is 0.588. The maximum absolute atomic E-state index is 9.36. The van der Waals surface area contributed by atoms with Gasteiger partial charge in [-0.3, -0.25) is 0 Å². The minimum Gasteiger partial charge on any atom is -0.198 e. The number of nitrogens with zero attached hydrogens (tertiary/aromatic N) is 1. The van der Waals surface area contributed by atoms with Gasteiger partial charge in [0.2, 0.25) is 0 Å². The molecule has 0 aliphatic heterocycles. The van der Waals surface area contributed by atoms with Crippen LogP contribution in [0.15, 0.2) is 18.2 Å². The minimum absolute atomic E-state index is 0.0281. The van der Waals surface area contributed by atoms with Crippen LogP contribution in [0.4, 0.5) is 0 Å². The van der Waals surface area contributed by atoms with Gasteiger partial charge in [-0.25, -0.2) is 0 Å². The number of hydrogen-bond donors (Lipinski definition) is 0. The third-order valence-corrected chi connectivity index (χ3v) is 5.44. The summed E-state index contributed by atoms with van der Waals surface area (Å²) in [4.78, 5) is 0. The van der Waals surface area contributed by atoms with Gasteiger partial charge in [0.25, 0.3) is 0 Å². The van der Waals surface area contributed by atoms with E-state index in [0.717, 1.165) is 19.3 Å². The Morgan fingerprint density at radius 1 is 1.00 bits per heavy atom. The molecule has 1 nitrogen and oxygen atoms in total. The van der Waals surface area contributed by atoms with Gasteiger partial charge in [0, 0.05) is 0 Å². The molecule has 94 valence electrons. The summed E-state index contributed by atoms with van der Waals surface area (Å²) in [6, 6.07) is 9.50. The highest BCUT2D eigenvalue weighted by molar-refractivity contribution is 5.38. The van der Waals surface area contributed by atoms with E-state index in [9.17, 15) is 5.26 Å². The van der Waals surface area contributed by atoms with E-state index in [2.05, 4.69) is 38.1 Å². The molecule has 18 heavy (non-hydrogen) atoms. The Bertz CT molecular complexity index is 496. The predicted molar refractivity (Wildman–Crippen MR) is 73.3 cm³/mol. The van der Waals surface area contributed by atoms with E-state index in [0.29, 0.717) is 5.41 Å². The third-order valence-electron chi connectivity index (χ3n) is 5.44. The van der Waals surface area contributed by atoms with Crippen LogP contribution < -0.4 is 0 Å². The molecular formula is C17H21N. The molecule has 0 aromatic heterocycles. The highest BCUT2D eigenvalue weighted by Crippen LogP contribution is 2.57. The summed E-state index contributed by atoms with van der Waals surface area (Å²) in [5, 5.41) is 9.36. The van der Waals surface area contributed by atoms with Gasteiger partial charge >= 0.3 is 0 Å². The first kappa shape index (κ1) is 11.8. The van der Waals surface area contributed by atoms with Crippen LogP contribution in [-0.2, 0) is 5.41 Å². The lowest BCUT2D eigenvalue weighted by molar-refractivity contribution is 0.0845. The maximum Gasteiger partial charge on any atom is 0.0689 e. The van der Waals surface area contributed by atoms with Gasteiger partial charge in [0.15, 0.2) is 0 Å². The molecule has 3 aliphatic carbocycles. The van der Waals surface area contributed by atoms with Gasteiger partial charge in [-0.15, -0.1) is 0 Å². The van der Waals surface area contributed by atoms with Crippen molar-refractivity contribution < 1.29 is 0 Å². The van der Waals surface area contributed by atoms with Crippen molar-refractivity contribution in [2.75, 3.05) is 0 Å². The SMILES string of the molecule is Cc1ccc(C23CCC(C#N)(CC2)CC3)c(C)c1. The van der Waals surface area contributed by atoms with E-state index in [1.165, 1.54) is 30.4 Å². The number of benzene rings is 1. The zero-order valence-electron chi connectivity index (χ0n) is 11.4. The summed E-state index contributed by atoms with van der Waals surface area (Å²) in [5.74, 6) is 0. The first-order chi connectivity index (χ1) is 8.59. The van der Waals surface area contributed by atoms with E-state index in [-0.39, 0.29) is 5.41 Å². The van der Waals surface area contributed by atoms with Crippen molar-refractivity contribution in [1.29, 1.82) is 5.26 Å². The van der Waals surface area contributed by atoms with Crippen LogP contribution in [0, 0.1) is 30.6 Å². The smallest absolute Gasteiger partial charge is 0.0689 e. The Balaban J connectivity index is 1.97. The number of nitriles is 1. The van der Waals surface area contributed by atoms with Gasteiger partial charge in [0.05, 0.1) is 11.5 Å². The normalized spacial score (nSPS) is 34.3. The molecule has 3 saturated carbocycles. The highest BCUT2D eigenvalue weighted by atomic mass is 14.5. The average Bonchev–Trinajstić information content (AvgIpc) is 2.40. The van der Waals surface area contributed by atoms with Crippen LogP contribution in [0.25, 0.3) is 0 Å². The first-order valence-corrected chi connectivity index (χ1v) is 7.08. The van der Waals surface area contributed by atoms with Crippen molar-refractivity contribution in [3.05, 3.63) is 34.9 Å². The summed E-state index contributed by atoms with van der Waals surface area (Å²) in [5.41, 5.74) is 4.77. The monoisotopic (exact) mass is 239 g/mol. The van der Waals surface area contributed by atoms with Crippen molar-refractivity contribution in [2.24, 2.45) is 5.41 Å². The fourth-order valence-corrected chi connectivity index (χ4v) is 4.17. The first-order valence-electron chi connectivity index (χ1n) is 7.08. The summed E-state index contributed by atoms with van der Waals surface area (Å²) < 4.78 is 0. The highest BCUT2D eigenvalue weighted by Gasteiger charge is 2.49. The summed E-state index contributed by atoms with van der Waals surface area (Å²) in [6.07, 6.45) is 6.96. The van der Waals surface area contributed by atoms with Crippen LogP contribution >= 0.6 is 0 Å². The largest absolute Gasteiger partial charge is 0.198 e. The molecular weight excluding hydrogens is 218 g/mol. The van der Waals surface area contributed by atoms with Gasteiger partial charge in [0.1, 0.15) is 0 Å². The molecule has 1 heteroatoms. The number of hydrogen-bond acceptors (Lipinski definition) is 1. The molecule has 0 spiro atoms. The Labute approximate surface area is 110 Å². The molecule has 1 aromatic carbocycles. The molecule has 0 amide bonds. The zero-order valence-corrected chi connectivity index (χ0v) is 11.4. The summed E-state index contributed by atoms with van der Waals surface area (Å²) >= 11 is 0. The van der Waals surface area contributed by atoms with Crippen molar-refractivity contribution in [2.45, 2.75) is 57.8 Å².